The molecular weight excluding hydrogens is 643 g/mol. The third-order valence-electron chi connectivity index (χ3n) is 8.89. The first-order valence-electron chi connectivity index (χ1n) is 17.0. The smallest absolute Gasteiger partial charge is 0.324 e. The number of aromatic nitrogens is 3. The minimum atomic E-state index is -1.93. The molecule has 50 heavy (non-hydrogen) atoms. The fourth-order valence-corrected chi connectivity index (χ4v) is 9.36. The van der Waals surface area contributed by atoms with Crippen LogP contribution < -0.4 is 20.7 Å². The van der Waals surface area contributed by atoms with Gasteiger partial charge in [-0.1, -0.05) is 75.4 Å². The molecule has 1 fully saturated rings. The van der Waals surface area contributed by atoms with Crippen molar-refractivity contribution in [3.63, 3.8) is 0 Å². The van der Waals surface area contributed by atoms with Gasteiger partial charge in [-0.2, -0.15) is 5.10 Å². The Bertz CT molecular complexity index is 2140. The number of carbonyl (C=O) groups is 1. The van der Waals surface area contributed by atoms with Crippen LogP contribution in [0.25, 0.3) is 16.5 Å². The SMILES string of the molecule is CC(C)(C)c1cc(NC(=O)Nc2ccc(Oc3ccnc(Nc4ccccc4)c3)c3ccccc23)n(-c2cccc(C[P]3(O)CCCC3)c2)n1. The Morgan fingerprint density at radius 1 is 0.860 bits per heavy atom. The van der Waals surface area contributed by atoms with Gasteiger partial charge in [0, 0.05) is 46.4 Å². The number of carbonyl (C=O) groups excluding carboxylic acids is 1. The maximum Gasteiger partial charge on any atom is 0.324 e. The number of ether oxygens (including phenoxy) is 1. The Morgan fingerprint density at radius 2 is 1.62 bits per heavy atom. The van der Waals surface area contributed by atoms with Crippen LogP contribution in [0.15, 0.2) is 115 Å². The van der Waals surface area contributed by atoms with Gasteiger partial charge in [0.2, 0.25) is 0 Å². The summed E-state index contributed by atoms with van der Waals surface area (Å²) in [7, 11) is -1.93. The summed E-state index contributed by atoms with van der Waals surface area (Å²) in [5.74, 6) is 2.51. The Morgan fingerprint density at radius 3 is 2.40 bits per heavy atom. The molecule has 6 aromatic rings. The van der Waals surface area contributed by atoms with Gasteiger partial charge in [0.1, 0.15) is 23.1 Å². The zero-order valence-electron chi connectivity index (χ0n) is 28.6. The lowest BCUT2D eigenvalue weighted by Gasteiger charge is -2.24. The molecule has 7 rings (SSSR count). The van der Waals surface area contributed by atoms with Crippen LogP contribution in [0.1, 0.15) is 44.9 Å². The number of fused-ring (bicyclic) bond motifs is 1. The first kappa shape index (κ1) is 33.3. The molecule has 1 aliphatic heterocycles. The molecule has 2 amide bonds. The number of hydrogen-bond donors (Lipinski definition) is 4. The van der Waals surface area contributed by atoms with Gasteiger partial charge in [0.15, 0.2) is 0 Å². The fraction of sp³-hybridized carbons (Fsp3) is 0.225. The second-order valence-electron chi connectivity index (χ2n) is 13.9. The highest BCUT2D eigenvalue weighted by molar-refractivity contribution is 7.69. The molecule has 9 nitrogen and oxygen atoms in total. The van der Waals surface area contributed by atoms with Gasteiger partial charge in [-0.05, 0) is 80.7 Å². The van der Waals surface area contributed by atoms with Crippen molar-refractivity contribution in [3.8, 4) is 17.2 Å². The number of hydrogen-bond acceptors (Lipinski definition) is 6. The number of nitrogens with zero attached hydrogens (tertiary/aromatic N) is 3. The van der Waals surface area contributed by atoms with Crippen LogP contribution in [0, 0.1) is 0 Å². The summed E-state index contributed by atoms with van der Waals surface area (Å²) in [5.41, 5.74) is 4.12. The van der Waals surface area contributed by atoms with E-state index in [9.17, 15) is 9.69 Å². The van der Waals surface area contributed by atoms with E-state index >= 15 is 0 Å². The van der Waals surface area contributed by atoms with E-state index in [2.05, 4.69) is 53.8 Å². The van der Waals surface area contributed by atoms with Gasteiger partial charge < -0.3 is 20.3 Å². The van der Waals surface area contributed by atoms with Crippen molar-refractivity contribution in [2.24, 2.45) is 0 Å². The lowest BCUT2D eigenvalue weighted by atomic mass is 9.92. The number of anilines is 4. The fourth-order valence-electron chi connectivity index (χ4n) is 6.32. The minimum Gasteiger partial charge on any atom is -0.457 e. The highest BCUT2D eigenvalue weighted by Crippen LogP contribution is 2.62. The summed E-state index contributed by atoms with van der Waals surface area (Å²) < 4.78 is 8.13. The van der Waals surface area contributed by atoms with E-state index in [1.165, 1.54) is 0 Å². The monoisotopic (exact) mass is 685 g/mol. The minimum absolute atomic E-state index is 0.237. The zero-order chi connectivity index (χ0) is 34.7. The first-order chi connectivity index (χ1) is 24.1. The van der Waals surface area contributed by atoms with E-state index in [-0.39, 0.29) is 5.41 Å². The molecule has 0 spiro atoms. The van der Waals surface area contributed by atoms with Crippen molar-refractivity contribution in [2.45, 2.75) is 45.2 Å². The summed E-state index contributed by atoms with van der Waals surface area (Å²) >= 11 is 0. The van der Waals surface area contributed by atoms with E-state index in [4.69, 9.17) is 9.84 Å². The van der Waals surface area contributed by atoms with Crippen LogP contribution in [0.4, 0.5) is 27.8 Å². The molecule has 2 aromatic heterocycles. The van der Waals surface area contributed by atoms with Gasteiger partial charge in [0.05, 0.1) is 17.1 Å². The standard InChI is InChI=1S/C40H42N6O3P/c1-40(2,3)36-26-38(46(45-36)30-15-11-12-28(24-30)27-50(48)22-9-10-23-50)44-39(47)43-34-18-19-35(33-17-8-7-16-32(33)34)49-31-20-21-41-37(25-31)42-29-13-5-4-6-14-29/h4-8,11-21,24-26,48H,9-10,22-23,27H2,1-3H3,(H,41,42)(H2,43,44,47). The quantitative estimate of drug-likeness (QED) is 0.113. The maximum atomic E-state index is 13.6. The molecule has 4 aromatic carbocycles. The van der Waals surface area contributed by atoms with Crippen molar-refractivity contribution in [1.82, 2.24) is 14.8 Å². The summed E-state index contributed by atoms with van der Waals surface area (Å²) in [6, 6.07) is 34.7. The van der Waals surface area contributed by atoms with E-state index in [1.54, 1.807) is 10.9 Å². The van der Waals surface area contributed by atoms with Crippen molar-refractivity contribution in [3.05, 3.63) is 127 Å². The molecule has 4 N–H and O–H groups in total. The number of benzene rings is 4. The summed E-state index contributed by atoms with van der Waals surface area (Å²) in [6.07, 6.45) is 6.47. The second-order valence-corrected chi connectivity index (χ2v) is 17.3. The Hall–Kier alpha value is -5.24. The molecule has 1 radical (unpaired) electrons. The van der Waals surface area contributed by atoms with E-state index in [0.29, 0.717) is 35.0 Å². The van der Waals surface area contributed by atoms with E-state index < -0.39 is 13.5 Å². The lowest BCUT2D eigenvalue weighted by Crippen LogP contribution is -2.21. The Labute approximate surface area is 293 Å². The van der Waals surface area contributed by atoms with E-state index in [1.807, 2.05) is 97.1 Å². The van der Waals surface area contributed by atoms with Gasteiger partial charge >= 0.3 is 6.03 Å². The normalized spacial score (nSPS) is 14.0. The van der Waals surface area contributed by atoms with Crippen molar-refractivity contribution < 1.29 is 14.4 Å². The number of pyridine rings is 1. The van der Waals surface area contributed by atoms with Gasteiger partial charge in [-0.25, -0.2) is 14.5 Å². The molecule has 0 aliphatic carbocycles. The van der Waals surface area contributed by atoms with Crippen molar-refractivity contribution >= 4 is 47.3 Å². The van der Waals surface area contributed by atoms with Crippen LogP contribution in [-0.2, 0) is 11.6 Å². The first-order valence-corrected chi connectivity index (χ1v) is 19.3. The van der Waals surface area contributed by atoms with Crippen LogP contribution in [-0.4, -0.2) is 38.0 Å². The Kier molecular flexibility index (Phi) is 9.27. The number of rotatable bonds is 9. The Balaban J connectivity index is 1.12. The molecule has 0 saturated carbocycles. The molecule has 1 aliphatic rings. The molecule has 0 atom stereocenters. The average molecular weight is 686 g/mol. The van der Waals surface area contributed by atoms with Crippen LogP contribution >= 0.6 is 7.49 Å². The summed E-state index contributed by atoms with van der Waals surface area (Å²) in [6.45, 7) is 6.30. The maximum absolute atomic E-state index is 13.6. The number of amides is 2. The predicted molar refractivity (Wildman–Crippen MR) is 205 cm³/mol. The molecule has 0 unspecified atom stereocenters. The third-order valence-corrected chi connectivity index (χ3v) is 12.1. The van der Waals surface area contributed by atoms with Gasteiger partial charge in [0.25, 0.3) is 0 Å². The van der Waals surface area contributed by atoms with Crippen molar-refractivity contribution in [2.75, 3.05) is 28.3 Å². The topological polar surface area (TPSA) is 113 Å². The van der Waals surface area contributed by atoms with Crippen LogP contribution in [0.3, 0.4) is 0 Å². The van der Waals surface area contributed by atoms with Crippen molar-refractivity contribution in [1.29, 1.82) is 0 Å². The van der Waals surface area contributed by atoms with Crippen LogP contribution in [0.2, 0.25) is 0 Å². The predicted octanol–water partition coefficient (Wildman–Crippen LogP) is 10.1. The molecule has 10 heteroatoms. The number of para-hydroxylation sites is 1. The molecule has 255 valence electrons. The van der Waals surface area contributed by atoms with E-state index in [0.717, 1.165) is 58.6 Å². The molecule has 1 saturated heterocycles. The molecular formula is C40H42N6O3P. The zero-order valence-corrected chi connectivity index (χ0v) is 29.5. The van der Waals surface area contributed by atoms with Gasteiger partial charge in [-0.3, -0.25) is 5.32 Å². The summed E-state index contributed by atoms with van der Waals surface area (Å²) in [4.78, 5) is 29.2. The average Bonchev–Trinajstić information content (AvgIpc) is 3.73. The molecule has 3 heterocycles. The summed E-state index contributed by atoms with van der Waals surface area (Å²) in [5, 5.41) is 16.0. The van der Waals surface area contributed by atoms with Crippen LogP contribution in [0.5, 0.6) is 11.5 Å². The highest BCUT2D eigenvalue weighted by atomic mass is 31.2. The highest BCUT2D eigenvalue weighted by Gasteiger charge is 2.29. The third kappa shape index (κ3) is 7.65. The van der Waals surface area contributed by atoms with Gasteiger partial charge in [-0.15, -0.1) is 0 Å². The lowest BCUT2D eigenvalue weighted by molar-refractivity contribution is 0.262. The largest absolute Gasteiger partial charge is 0.457 e. The number of urea groups is 1. The molecule has 0 bridgehead atoms. The second kappa shape index (κ2) is 13.9. The number of nitrogens with one attached hydrogen (secondary N) is 3.